The Kier molecular flexibility index (Phi) is 4.27. The van der Waals surface area contributed by atoms with Crippen molar-refractivity contribution in [2.24, 2.45) is 5.73 Å². The van der Waals surface area contributed by atoms with Crippen LogP contribution in [0.2, 0.25) is 0 Å². The van der Waals surface area contributed by atoms with Gasteiger partial charge in [0.15, 0.2) is 5.82 Å². The van der Waals surface area contributed by atoms with Crippen LogP contribution >= 0.6 is 0 Å². The lowest BCUT2D eigenvalue weighted by Crippen LogP contribution is -2.44. The van der Waals surface area contributed by atoms with Crippen molar-refractivity contribution in [2.45, 2.75) is 44.0 Å². The summed E-state index contributed by atoms with van der Waals surface area (Å²) in [7, 11) is 0. The van der Waals surface area contributed by atoms with Gasteiger partial charge < -0.3 is 15.8 Å². The predicted molar refractivity (Wildman–Crippen MR) is 72.9 cm³/mol. The summed E-state index contributed by atoms with van der Waals surface area (Å²) in [5.74, 6) is -1.41. The Morgan fingerprint density at radius 1 is 1.43 bits per heavy atom. The van der Waals surface area contributed by atoms with Gasteiger partial charge in [-0.25, -0.2) is 9.18 Å². The number of hydrogen-bond donors (Lipinski definition) is 2. The van der Waals surface area contributed by atoms with Crippen molar-refractivity contribution in [1.29, 1.82) is 0 Å². The van der Waals surface area contributed by atoms with Crippen LogP contribution in [0.5, 0.6) is 0 Å². The van der Waals surface area contributed by atoms with Crippen molar-refractivity contribution < 1.29 is 27.1 Å². The Bertz CT molecular complexity index is 613. The van der Waals surface area contributed by atoms with Crippen LogP contribution in [0, 0.1) is 5.82 Å². The van der Waals surface area contributed by atoms with Crippen LogP contribution in [0.25, 0.3) is 0 Å². The van der Waals surface area contributed by atoms with Gasteiger partial charge in [0, 0.05) is 6.54 Å². The summed E-state index contributed by atoms with van der Waals surface area (Å²) >= 11 is 0. The van der Waals surface area contributed by atoms with Gasteiger partial charge in [0.2, 0.25) is 0 Å². The molecule has 1 aromatic rings. The molecule has 1 amide bonds. The van der Waals surface area contributed by atoms with Gasteiger partial charge in [-0.1, -0.05) is 0 Å². The summed E-state index contributed by atoms with van der Waals surface area (Å²) < 4.78 is 56.6. The fourth-order valence-corrected chi connectivity index (χ4v) is 2.26. The van der Waals surface area contributed by atoms with Crippen LogP contribution in [-0.2, 0) is 16.5 Å². The lowest BCUT2D eigenvalue weighted by atomic mass is 10.1. The number of alkyl halides is 3. The molecule has 9 heteroatoms. The second-order valence-corrected chi connectivity index (χ2v) is 6.16. The molecule has 1 saturated carbocycles. The Labute approximate surface area is 130 Å². The highest BCUT2D eigenvalue weighted by atomic mass is 19.4. The first kappa shape index (κ1) is 17.5. The zero-order valence-corrected chi connectivity index (χ0v) is 12.6. The van der Waals surface area contributed by atoms with Gasteiger partial charge in [0.25, 0.3) is 0 Å². The lowest BCUT2D eigenvalue weighted by molar-refractivity contribution is -0.140. The largest absolute Gasteiger partial charge is 0.442 e. The molecule has 1 fully saturated rings. The van der Waals surface area contributed by atoms with Gasteiger partial charge in [0.1, 0.15) is 5.60 Å². The van der Waals surface area contributed by atoms with Crippen molar-refractivity contribution in [2.75, 3.05) is 6.54 Å². The third-order valence-electron chi connectivity index (χ3n) is 3.63. The van der Waals surface area contributed by atoms with E-state index in [9.17, 15) is 22.4 Å². The molecule has 0 saturated heterocycles. The number of aromatic nitrogens is 1. The fourth-order valence-electron chi connectivity index (χ4n) is 2.26. The van der Waals surface area contributed by atoms with E-state index in [4.69, 9.17) is 10.5 Å². The molecule has 2 rings (SSSR count). The smallest absolute Gasteiger partial charge is 0.419 e. The number of carbonyl (C=O) groups excluding carboxylic acids is 1. The summed E-state index contributed by atoms with van der Waals surface area (Å²) in [6.07, 6.45) is -4.05. The highest BCUT2D eigenvalue weighted by molar-refractivity contribution is 5.65. The van der Waals surface area contributed by atoms with Crippen LogP contribution in [0.1, 0.15) is 37.9 Å². The molecule has 1 aromatic heterocycles. The molecule has 5 nitrogen and oxygen atoms in total. The van der Waals surface area contributed by atoms with Crippen molar-refractivity contribution in [3.05, 3.63) is 29.3 Å². The zero-order chi connectivity index (χ0) is 17.5. The first-order chi connectivity index (χ1) is 10.5. The van der Waals surface area contributed by atoms with E-state index in [-0.39, 0.29) is 12.2 Å². The number of nitrogens with zero attached hydrogens (tertiary/aromatic N) is 1. The Morgan fingerprint density at radius 2 is 2.04 bits per heavy atom. The summed E-state index contributed by atoms with van der Waals surface area (Å²) in [6.45, 7) is 3.39. The first-order valence-corrected chi connectivity index (χ1v) is 6.92. The monoisotopic (exact) mass is 335 g/mol. The van der Waals surface area contributed by atoms with Crippen LogP contribution in [0.4, 0.5) is 22.4 Å². The van der Waals surface area contributed by atoms with E-state index in [1.54, 1.807) is 13.8 Å². The molecular formula is C14H17F4N3O2. The molecule has 0 aliphatic heterocycles. The Balaban J connectivity index is 2.17. The molecular weight excluding hydrogens is 318 g/mol. The molecule has 1 heterocycles. The summed E-state index contributed by atoms with van der Waals surface area (Å²) in [5, 5.41) is 3.05. The predicted octanol–water partition coefficient (Wildman–Crippen LogP) is 2.69. The molecule has 0 atom stereocenters. The highest BCUT2D eigenvalue weighted by Gasteiger charge is 2.48. The number of nitrogens with two attached hydrogens (primary N) is 1. The number of ether oxygens (including phenoxy) is 1. The molecule has 3 N–H and O–H groups in total. The standard InChI is InChI=1S/C14H17F4N3O2/c1-12(2,23-11(19)22)7-21-13(3-4-13)10-5-8(14(16,17)18)9(15)6-20-10/h5-6,21H,3-4,7H2,1-2H3,(H2,19,22). The Morgan fingerprint density at radius 3 is 2.52 bits per heavy atom. The quantitative estimate of drug-likeness (QED) is 0.811. The van der Waals surface area contributed by atoms with E-state index in [1.165, 1.54) is 0 Å². The molecule has 1 aliphatic rings. The average molecular weight is 335 g/mol. The van der Waals surface area contributed by atoms with Crippen LogP contribution in [0.3, 0.4) is 0 Å². The maximum Gasteiger partial charge on any atom is 0.419 e. The number of nitrogens with one attached hydrogen (secondary N) is 1. The molecule has 0 radical (unpaired) electrons. The first-order valence-electron chi connectivity index (χ1n) is 6.92. The van der Waals surface area contributed by atoms with Gasteiger partial charge in [-0.05, 0) is 32.8 Å². The minimum Gasteiger partial charge on any atom is -0.442 e. The van der Waals surface area contributed by atoms with Crippen LogP contribution in [-0.4, -0.2) is 23.2 Å². The zero-order valence-electron chi connectivity index (χ0n) is 12.6. The number of rotatable bonds is 5. The van der Waals surface area contributed by atoms with E-state index >= 15 is 0 Å². The average Bonchev–Trinajstić information content (AvgIpc) is 3.15. The molecule has 0 aromatic carbocycles. The van der Waals surface area contributed by atoms with Crippen molar-refractivity contribution in [3.63, 3.8) is 0 Å². The molecule has 1 aliphatic carbocycles. The van der Waals surface area contributed by atoms with Gasteiger partial charge in [0.05, 0.1) is 23.0 Å². The lowest BCUT2D eigenvalue weighted by Gasteiger charge is -2.28. The van der Waals surface area contributed by atoms with Crippen molar-refractivity contribution in [1.82, 2.24) is 10.3 Å². The molecule has 128 valence electrons. The number of primary amides is 1. The normalized spacial score (nSPS) is 17.0. The maximum absolute atomic E-state index is 13.3. The number of halogens is 4. The maximum atomic E-state index is 13.3. The van der Waals surface area contributed by atoms with E-state index in [1.807, 2.05) is 0 Å². The third-order valence-corrected chi connectivity index (χ3v) is 3.63. The van der Waals surface area contributed by atoms with Crippen molar-refractivity contribution in [3.8, 4) is 0 Å². The van der Waals surface area contributed by atoms with Gasteiger partial charge in [-0.3, -0.25) is 4.98 Å². The summed E-state index contributed by atoms with van der Waals surface area (Å²) in [6, 6.07) is 0.720. The Hall–Kier alpha value is -1.90. The van der Waals surface area contributed by atoms with Crippen molar-refractivity contribution >= 4 is 6.09 Å². The third kappa shape index (κ3) is 4.10. The van der Waals surface area contributed by atoms with Gasteiger partial charge >= 0.3 is 12.3 Å². The summed E-state index contributed by atoms with van der Waals surface area (Å²) in [4.78, 5) is 14.6. The summed E-state index contributed by atoms with van der Waals surface area (Å²) in [5.41, 5.74) is 2.02. The van der Waals surface area contributed by atoms with E-state index in [0.29, 0.717) is 19.0 Å². The van der Waals surface area contributed by atoms with Crippen LogP contribution < -0.4 is 11.1 Å². The molecule has 0 bridgehead atoms. The van der Waals surface area contributed by atoms with E-state index in [0.717, 1.165) is 6.07 Å². The second kappa shape index (κ2) is 5.63. The fraction of sp³-hybridized carbons (Fsp3) is 0.571. The number of hydrogen-bond acceptors (Lipinski definition) is 4. The topological polar surface area (TPSA) is 77.2 Å². The number of pyridine rings is 1. The van der Waals surface area contributed by atoms with Gasteiger partial charge in [-0.15, -0.1) is 0 Å². The molecule has 0 unspecified atom stereocenters. The SMILES string of the molecule is CC(C)(CNC1(c2cc(C(F)(F)F)c(F)cn2)CC1)OC(N)=O. The van der Waals surface area contributed by atoms with E-state index < -0.39 is 34.8 Å². The minimum absolute atomic E-state index is 0.112. The number of amides is 1. The highest BCUT2D eigenvalue weighted by Crippen LogP contribution is 2.46. The van der Waals surface area contributed by atoms with E-state index in [2.05, 4.69) is 10.3 Å². The second-order valence-electron chi connectivity index (χ2n) is 6.16. The van der Waals surface area contributed by atoms with Crippen LogP contribution in [0.15, 0.2) is 12.3 Å². The van der Waals surface area contributed by atoms with Gasteiger partial charge in [-0.2, -0.15) is 13.2 Å². The molecule has 23 heavy (non-hydrogen) atoms. The minimum atomic E-state index is -4.79. The molecule has 0 spiro atoms. The number of carbonyl (C=O) groups is 1.